The van der Waals surface area contributed by atoms with Crippen LogP contribution in [0.25, 0.3) is 0 Å². The van der Waals surface area contributed by atoms with E-state index in [1.807, 2.05) is 5.43 Å². The lowest BCUT2D eigenvalue weighted by Crippen LogP contribution is -2.45. The Kier molecular flexibility index (Phi) is 5.53. The molecule has 0 aliphatic carbocycles. The lowest BCUT2D eigenvalue weighted by molar-refractivity contribution is -0.126. The Labute approximate surface area is 159 Å². The summed E-state index contributed by atoms with van der Waals surface area (Å²) in [4.78, 5) is 37.9. The third-order valence-corrected chi connectivity index (χ3v) is 4.37. The van der Waals surface area contributed by atoms with Gasteiger partial charge in [-0.25, -0.2) is 8.78 Å². The summed E-state index contributed by atoms with van der Waals surface area (Å²) in [7, 11) is 1.53. The molecule has 7 nitrogen and oxygen atoms in total. The van der Waals surface area contributed by atoms with Gasteiger partial charge in [0, 0.05) is 18.7 Å². The Balaban J connectivity index is 1.61. The van der Waals surface area contributed by atoms with Crippen molar-refractivity contribution in [2.75, 3.05) is 18.6 Å². The van der Waals surface area contributed by atoms with Crippen molar-refractivity contribution in [3.05, 3.63) is 59.7 Å². The predicted molar refractivity (Wildman–Crippen MR) is 95.4 cm³/mol. The fraction of sp³-hybridized carbons (Fsp3) is 0.211. The molecule has 1 fully saturated rings. The molecule has 0 radical (unpaired) electrons. The molecule has 1 aliphatic rings. The van der Waals surface area contributed by atoms with E-state index in [1.54, 1.807) is 24.3 Å². The summed E-state index contributed by atoms with van der Waals surface area (Å²) in [6.45, 7) is 0.112. The zero-order chi connectivity index (χ0) is 20.3. The minimum absolute atomic E-state index is 0.0538. The second kappa shape index (κ2) is 8.03. The van der Waals surface area contributed by atoms with E-state index in [0.29, 0.717) is 11.4 Å². The third-order valence-electron chi connectivity index (χ3n) is 4.37. The number of methoxy groups -OCH3 is 1. The molecule has 1 atom stereocenters. The number of amides is 3. The maximum absolute atomic E-state index is 13.6. The molecule has 1 heterocycles. The zero-order valence-electron chi connectivity index (χ0n) is 14.9. The second-order valence-electron chi connectivity index (χ2n) is 6.14. The fourth-order valence-electron chi connectivity index (χ4n) is 2.89. The number of hydrogen-bond donors (Lipinski definition) is 2. The topological polar surface area (TPSA) is 87.7 Å². The SMILES string of the molecule is COc1ccc(N2C[C@H](C(=O)NNC(=O)c3c(F)cccc3F)CC2=O)cc1. The first-order valence-corrected chi connectivity index (χ1v) is 8.39. The Morgan fingerprint density at radius 1 is 1.07 bits per heavy atom. The van der Waals surface area contributed by atoms with Crippen molar-refractivity contribution in [2.45, 2.75) is 6.42 Å². The van der Waals surface area contributed by atoms with Gasteiger partial charge in [-0.2, -0.15) is 0 Å². The highest BCUT2D eigenvalue weighted by atomic mass is 19.1. The quantitative estimate of drug-likeness (QED) is 0.781. The number of halogens is 2. The Morgan fingerprint density at radius 2 is 1.71 bits per heavy atom. The van der Waals surface area contributed by atoms with Gasteiger partial charge in [0.1, 0.15) is 22.9 Å². The van der Waals surface area contributed by atoms with E-state index >= 15 is 0 Å². The highest BCUT2D eigenvalue weighted by Crippen LogP contribution is 2.26. The molecule has 0 spiro atoms. The van der Waals surface area contributed by atoms with Gasteiger partial charge in [-0.3, -0.25) is 25.2 Å². The monoisotopic (exact) mass is 389 g/mol. The lowest BCUT2D eigenvalue weighted by Gasteiger charge is -2.17. The van der Waals surface area contributed by atoms with Crippen LogP contribution in [0, 0.1) is 17.6 Å². The molecule has 0 bridgehead atoms. The number of rotatable bonds is 4. The maximum atomic E-state index is 13.6. The van der Waals surface area contributed by atoms with Gasteiger partial charge in [-0.1, -0.05) is 6.07 Å². The van der Waals surface area contributed by atoms with Crippen molar-refractivity contribution >= 4 is 23.4 Å². The molecular weight excluding hydrogens is 372 g/mol. The van der Waals surface area contributed by atoms with Crippen LogP contribution in [0.15, 0.2) is 42.5 Å². The van der Waals surface area contributed by atoms with Gasteiger partial charge in [0.05, 0.1) is 13.0 Å². The first kappa shape index (κ1) is 19.3. The minimum Gasteiger partial charge on any atom is -0.497 e. The van der Waals surface area contributed by atoms with Crippen molar-refractivity contribution in [3.8, 4) is 5.75 Å². The number of nitrogens with one attached hydrogen (secondary N) is 2. The van der Waals surface area contributed by atoms with Gasteiger partial charge in [0.15, 0.2) is 0 Å². The summed E-state index contributed by atoms with van der Waals surface area (Å²) in [6, 6.07) is 9.76. The third kappa shape index (κ3) is 3.93. The molecule has 9 heteroatoms. The van der Waals surface area contributed by atoms with Gasteiger partial charge >= 0.3 is 0 Å². The molecule has 28 heavy (non-hydrogen) atoms. The smallest absolute Gasteiger partial charge is 0.275 e. The number of ether oxygens (including phenoxy) is 1. The fourth-order valence-corrected chi connectivity index (χ4v) is 2.89. The van der Waals surface area contributed by atoms with E-state index < -0.39 is 34.9 Å². The van der Waals surface area contributed by atoms with Crippen molar-refractivity contribution in [3.63, 3.8) is 0 Å². The molecule has 2 aromatic rings. The van der Waals surface area contributed by atoms with Gasteiger partial charge in [0.25, 0.3) is 5.91 Å². The summed E-state index contributed by atoms with van der Waals surface area (Å²) in [6.07, 6.45) is -0.0538. The van der Waals surface area contributed by atoms with Gasteiger partial charge in [0.2, 0.25) is 11.8 Å². The summed E-state index contributed by atoms with van der Waals surface area (Å²) >= 11 is 0. The van der Waals surface area contributed by atoms with Crippen LogP contribution in [-0.2, 0) is 9.59 Å². The molecule has 2 N–H and O–H groups in total. The van der Waals surface area contributed by atoms with Crippen LogP contribution in [0.5, 0.6) is 5.75 Å². The average Bonchev–Trinajstić information content (AvgIpc) is 3.08. The Hall–Kier alpha value is -3.49. The number of carbonyl (C=O) groups excluding carboxylic acids is 3. The maximum Gasteiger partial charge on any atom is 0.275 e. The summed E-state index contributed by atoms with van der Waals surface area (Å²) in [5.74, 6) is -4.19. The Bertz CT molecular complexity index is 898. The normalized spacial score (nSPS) is 16.0. The van der Waals surface area contributed by atoms with Gasteiger partial charge < -0.3 is 9.64 Å². The first-order valence-electron chi connectivity index (χ1n) is 8.39. The van der Waals surface area contributed by atoms with Crippen molar-refractivity contribution in [2.24, 2.45) is 5.92 Å². The number of hydrazine groups is 1. The number of anilines is 1. The number of benzene rings is 2. The number of nitrogens with zero attached hydrogens (tertiary/aromatic N) is 1. The molecule has 0 aromatic heterocycles. The number of hydrogen-bond acceptors (Lipinski definition) is 4. The molecule has 3 rings (SSSR count). The van der Waals surface area contributed by atoms with E-state index in [2.05, 4.69) is 5.43 Å². The standard InChI is InChI=1S/C19H17F2N3O4/c1-28-13-7-5-12(6-8-13)24-10-11(9-16(24)25)18(26)22-23-19(27)17-14(20)3-2-4-15(17)21/h2-8,11H,9-10H2,1H3,(H,22,26)(H,23,27)/t11-/m1/s1. The minimum atomic E-state index is -1.12. The molecule has 0 unspecified atom stereocenters. The van der Waals surface area contributed by atoms with Crippen LogP contribution >= 0.6 is 0 Å². The molecule has 3 amide bonds. The summed E-state index contributed by atoms with van der Waals surface area (Å²) < 4.78 is 32.3. The molecule has 1 aliphatic heterocycles. The molecule has 0 saturated carbocycles. The van der Waals surface area contributed by atoms with Crippen molar-refractivity contribution in [1.29, 1.82) is 0 Å². The molecule has 1 saturated heterocycles. The van der Waals surface area contributed by atoms with Crippen LogP contribution in [0.2, 0.25) is 0 Å². The van der Waals surface area contributed by atoms with Gasteiger partial charge in [-0.15, -0.1) is 0 Å². The van der Waals surface area contributed by atoms with Gasteiger partial charge in [-0.05, 0) is 36.4 Å². The average molecular weight is 389 g/mol. The van der Waals surface area contributed by atoms with E-state index in [4.69, 9.17) is 4.74 Å². The second-order valence-corrected chi connectivity index (χ2v) is 6.14. The first-order chi connectivity index (χ1) is 13.4. The predicted octanol–water partition coefficient (Wildman–Crippen LogP) is 1.79. The molecule has 2 aromatic carbocycles. The van der Waals surface area contributed by atoms with E-state index in [-0.39, 0.29) is 18.9 Å². The lowest BCUT2D eigenvalue weighted by atomic mass is 10.1. The molecule has 146 valence electrons. The van der Waals surface area contributed by atoms with Crippen LogP contribution in [-0.4, -0.2) is 31.4 Å². The van der Waals surface area contributed by atoms with Crippen LogP contribution in [0.1, 0.15) is 16.8 Å². The van der Waals surface area contributed by atoms with Crippen LogP contribution in [0.4, 0.5) is 14.5 Å². The highest BCUT2D eigenvalue weighted by molar-refractivity contribution is 6.01. The van der Waals surface area contributed by atoms with E-state index in [1.165, 1.54) is 12.0 Å². The van der Waals surface area contributed by atoms with E-state index in [9.17, 15) is 23.2 Å². The summed E-state index contributed by atoms with van der Waals surface area (Å²) in [5, 5.41) is 0. The number of carbonyl (C=O) groups is 3. The van der Waals surface area contributed by atoms with Crippen molar-refractivity contribution < 1.29 is 27.9 Å². The largest absolute Gasteiger partial charge is 0.497 e. The van der Waals surface area contributed by atoms with Crippen LogP contribution in [0.3, 0.4) is 0 Å². The summed E-state index contributed by atoms with van der Waals surface area (Å²) in [5.41, 5.74) is 3.90. The molecular formula is C19H17F2N3O4. The zero-order valence-corrected chi connectivity index (χ0v) is 14.9. The highest BCUT2D eigenvalue weighted by Gasteiger charge is 2.35. The Morgan fingerprint density at radius 3 is 2.32 bits per heavy atom. The van der Waals surface area contributed by atoms with Crippen molar-refractivity contribution in [1.82, 2.24) is 10.9 Å². The van der Waals surface area contributed by atoms with Crippen LogP contribution < -0.4 is 20.5 Å². The van der Waals surface area contributed by atoms with E-state index in [0.717, 1.165) is 18.2 Å².